The minimum absolute atomic E-state index is 0.0239. The summed E-state index contributed by atoms with van der Waals surface area (Å²) in [5.41, 5.74) is -0.780. The number of rotatable bonds is 0. The molecular weight excluding hydrogens is 250 g/mol. The molecular formula is C12H11F4NO. The van der Waals surface area contributed by atoms with E-state index in [1.165, 1.54) is 0 Å². The van der Waals surface area contributed by atoms with Gasteiger partial charge in [0.15, 0.2) is 0 Å². The Labute approximate surface area is 101 Å². The zero-order valence-corrected chi connectivity index (χ0v) is 9.35. The molecule has 0 saturated carbocycles. The molecule has 0 radical (unpaired) electrons. The Kier molecular flexibility index (Phi) is 2.52. The van der Waals surface area contributed by atoms with Crippen molar-refractivity contribution >= 4 is 0 Å². The first-order valence-electron chi connectivity index (χ1n) is 5.76. The first-order valence-corrected chi connectivity index (χ1v) is 5.76. The Balaban J connectivity index is 2.09. The summed E-state index contributed by atoms with van der Waals surface area (Å²) in [6.45, 7) is 0.690. The molecule has 0 aromatic heterocycles. The lowest BCUT2D eigenvalue weighted by Crippen LogP contribution is -2.41. The topological polar surface area (TPSA) is 21.3 Å². The maximum Gasteiger partial charge on any atom is 0.416 e. The monoisotopic (exact) mass is 261 g/mol. The fourth-order valence-corrected chi connectivity index (χ4v) is 2.58. The molecule has 1 aromatic rings. The summed E-state index contributed by atoms with van der Waals surface area (Å²) in [4.78, 5) is 0. The lowest BCUT2D eigenvalue weighted by molar-refractivity contribution is -0.138. The SMILES string of the molecule is Fc1cc(C(F)(F)F)cc2c1C1CC(CCN1)O2. The van der Waals surface area contributed by atoms with Crippen LogP contribution in [0.4, 0.5) is 17.6 Å². The summed E-state index contributed by atoms with van der Waals surface area (Å²) in [5, 5.41) is 3.10. The van der Waals surface area contributed by atoms with Gasteiger partial charge in [-0.15, -0.1) is 0 Å². The quantitative estimate of drug-likeness (QED) is 0.725. The molecule has 2 heterocycles. The Hall–Kier alpha value is -1.30. The van der Waals surface area contributed by atoms with Crippen LogP contribution in [0.5, 0.6) is 5.75 Å². The van der Waals surface area contributed by atoms with Crippen molar-refractivity contribution in [1.29, 1.82) is 0 Å². The first kappa shape index (κ1) is 11.8. The Morgan fingerprint density at radius 2 is 2.06 bits per heavy atom. The van der Waals surface area contributed by atoms with Crippen molar-refractivity contribution in [3.63, 3.8) is 0 Å². The van der Waals surface area contributed by atoms with Gasteiger partial charge in [0.05, 0.1) is 5.56 Å². The van der Waals surface area contributed by atoms with E-state index in [2.05, 4.69) is 5.32 Å². The van der Waals surface area contributed by atoms with E-state index in [0.717, 1.165) is 12.5 Å². The third-order valence-corrected chi connectivity index (χ3v) is 3.42. The summed E-state index contributed by atoms with van der Waals surface area (Å²) in [7, 11) is 0. The molecule has 0 amide bonds. The highest BCUT2D eigenvalue weighted by Gasteiger charge is 2.38. The number of ether oxygens (including phenoxy) is 1. The molecule has 2 nitrogen and oxygen atoms in total. The number of benzene rings is 1. The second-order valence-electron chi connectivity index (χ2n) is 4.64. The third-order valence-electron chi connectivity index (χ3n) is 3.42. The summed E-state index contributed by atoms with van der Waals surface area (Å²) in [6.07, 6.45) is -3.34. The van der Waals surface area contributed by atoms with Gasteiger partial charge < -0.3 is 10.1 Å². The molecule has 2 atom stereocenters. The zero-order valence-electron chi connectivity index (χ0n) is 9.35. The normalized spacial score (nSPS) is 26.4. The molecule has 2 unspecified atom stereocenters. The van der Waals surface area contributed by atoms with Gasteiger partial charge >= 0.3 is 6.18 Å². The van der Waals surface area contributed by atoms with Crippen LogP contribution < -0.4 is 10.1 Å². The lowest BCUT2D eigenvalue weighted by Gasteiger charge is -2.37. The molecule has 1 fully saturated rings. The number of hydrogen-bond acceptors (Lipinski definition) is 2. The van der Waals surface area contributed by atoms with E-state index in [9.17, 15) is 17.6 Å². The van der Waals surface area contributed by atoms with Crippen molar-refractivity contribution in [1.82, 2.24) is 5.32 Å². The summed E-state index contributed by atoms with van der Waals surface area (Å²) >= 11 is 0. The molecule has 18 heavy (non-hydrogen) atoms. The van der Waals surface area contributed by atoms with E-state index >= 15 is 0 Å². The molecule has 1 N–H and O–H groups in total. The largest absolute Gasteiger partial charge is 0.490 e. The van der Waals surface area contributed by atoms with Gasteiger partial charge in [-0.05, 0) is 25.1 Å². The van der Waals surface area contributed by atoms with Crippen molar-refractivity contribution in [3.8, 4) is 5.75 Å². The number of hydrogen-bond donors (Lipinski definition) is 1. The molecule has 0 spiro atoms. The van der Waals surface area contributed by atoms with Gasteiger partial charge in [0.25, 0.3) is 0 Å². The Bertz CT molecular complexity index is 486. The number of fused-ring (bicyclic) bond motifs is 4. The molecule has 2 aliphatic heterocycles. The molecule has 3 rings (SSSR count). The highest BCUT2D eigenvalue weighted by molar-refractivity contribution is 5.43. The molecule has 1 saturated heterocycles. The van der Waals surface area contributed by atoms with E-state index in [-0.39, 0.29) is 23.5 Å². The van der Waals surface area contributed by atoms with Crippen LogP contribution in [0.1, 0.15) is 30.0 Å². The third kappa shape index (κ3) is 1.84. The second-order valence-corrected chi connectivity index (χ2v) is 4.64. The van der Waals surface area contributed by atoms with Crippen molar-refractivity contribution in [2.24, 2.45) is 0 Å². The highest BCUT2D eigenvalue weighted by atomic mass is 19.4. The number of alkyl halides is 3. The van der Waals surface area contributed by atoms with E-state index < -0.39 is 17.6 Å². The van der Waals surface area contributed by atoms with Gasteiger partial charge in [0.2, 0.25) is 0 Å². The molecule has 2 bridgehead atoms. The summed E-state index contributed by atoms with van der Waals surface area (Å²) in [5.74, 6) is -0.826. The Morgan fingerprint density at radius 1 is 1.28 bits per heavy atom. The van der Waals surface area contributed by atoms with Crippen LogP contribution in [-0.4, -0.2) is 12.6 Å². The van der Waals surface area contributed by atoms with E-state index in [0.29, 0.717) is 19.0 Å². The molecule has 2 aliphatic rings. The fourth-order valence-electron chi connectivity index (χ4n) is 2.58. The van der Waals surface area contributed by atoms with Gasteiger partial charge in [0.1, 0.15) is 17.7 Å². The van der Waals surface area contributed by atoms with Gasteiger partial charge in [-0.25, -0.2) is 4.39 Å². The number of piperidine rings is 1. The average Bonchev–Trinajstić information content (AvgIpc) is 2.26. The zero-order chi connectivity index (χ0) is 12.9. The van der Waals surface area contributed by atoms with Crippen LogP contribution in [0.2, 0.25) is 0 Å². The first-order chi connectivity index (χ1) is 8.45. The number of nitrogens with one attached hydrogen (secondary N) is 1. The van der Waals surface area contributed by atoms with Crippen LogP contribution in [0, 0.1) is 5.82 Å². The van der Waals surface area contributed by atoms with Gasteiger partial charge in [-0.1, -0.05) is 0 Å². The smallest absolute Gasteiger partial charge is 0.416 e. The maximum atomic E-state index is 13.8. The van der Waals surface area contributed by atoms with Crippen LogP contribution in [0.25, 0.3) is 0 Å². The van der Waals surface area contributed by atoms with Gasteiger partial charge in [0, 0.05) is 18.0 Å². The van der Waals surface area contributed by atoms with Crippen LogP contribution in [0.15, 0.2) is 12.1 Å². The van der Waals surface area contributed by atoms with E-state index in [1.807, 2.05) is 0 Å². The van der Waals surface area contributed by atoms with Gasteiger partial charge in [-0.2, -0.15) is 13.2 Å². The lowest BCUT2D eigenvalue weighted by atomic mass is 9.90. The van der Waals surface area contributed by atoms with Crippen LogP contribution >= 0.6 is 0 Å². The minimum Gasteiger partial charge on any atom is -0.490 e. The summed E-state index contributed by atoms with van der Waals surface area (Å²) in [6, 6.07) is 1.19. The minimum atomic E-state index is -4.56. The van der Waals surface area contributed by atoms with Crippen molar-refractivity contribution in [2.75, 3.05) is 6.54 Å². The van der Waals surface area contributed by atoms with Gasteiger partial charge in [-0.3, -0.25) is 0 Å². The van der Waals surface area contributed by atoms with Crippen LogP contribution in [0.3, 0.4) is 0 Å². The fraction of sp³-hybridized carbons (Fsp3) is 0.500. The Morgan fingerprint density at radius 3 is 2.78 bits per heavy atom. The second kappa shape index (κ2) is 3.85. The highest BCUT2D eigenvalue weighted by Crippen LogP contribution is 2.42. The predicted octanol–water partition coefficient (Wildman–Crippen LogP) is 3.03. The standard InChI is InChI=1S/C12H11F4NO/c13-8-3-6(12(14,15)16)4-10-11(8)9-5-7(18-10)1-2-17-9/h3-4,7,9,17H,1-2,5H2. The van der Waals surface area contributed by atoms with Crippen molar-refractivity contribution < 1.29 is 22.3 Å². The average molecular weight is 261 g/mol. The van der Waals surface area contributed by atoms with E-state index in [1.54, 1.807) is 0 Å². The predicted molar refractivity (Wildman–Crippen MR) is 55.8 cm³/mol. The molecule has 0 aliphatic carbocycles. The van der Waals surface area contributed by atoms with E-state index in [4.69, 9.17) is 4.74 Å². The van der Waals surface area contributed by atoms with Crippen molar-refractivity contribution in [2.45, 2.75) is 31.2 Å². The summed E-state index contributed by atoms with van der Waals surface area (Å²) < 4.78 is 57.0. The molecule has 6 heteroatoms. The van der Waals surface area contributed by atoms with Crippen LogP contribution in [-0.2, 0) is 6.18 Å². The number of halogens is 4. The maximum absolute atomic E-state index is 13.8. The van der Waals surface area contributed by atoms with Crippen molar-refractivity contribution in [3.05, 3.63) is 29.1 Å². The molecule has 98 valence electrons. The molecule has 1 aromatic carbocycles.